The third-order valence-electron chi connectivity index (χ3n) is 5.90. The maximum Gasteiger partial charge on any atom is 0.222 e. The molecule has 1 saturated heterocycles. The minimum atomic E-state index is 0.254. The summed E-state index contributed by atoms with van der Waals surface area (Å²) in [7, 11) is 1.78. The van der Waals surface area contributed by atoms with Crippen molar-refractivity contribution in [1.29, 1.82) is 0 Å². The second kappa shape index (κ2) is 10.3. The second-order valence-corrected chi connectivity index (χ2v) is 8.49. The normalized spacial score (nSPS) is 14.1. The molecule has 3 aromatic rings. The zero-order valence-corrected chi connectivity index (χ0v) is 19.6. The molecule has 1 fully saturated rings. The third kappa shape index (κ3) is 5.61. The Morgan fingerprint density at radius 2 is 1.82 bits per heavy atom. The van der Waals surface area contributed by atoms with Gasteiger partial charge in [0.2, 0.25) is 5.91 Å². The van der Waals surface area contributed by atoms with Gasteiger partial charge in [-0.15, -0.1) is 0 Å². The highest BCUT2D eigenvalue weighted by Crippen LogP contribution is 2.17. The van der Waals surface area contributed by atoms with E-state index in [4.69, 9.17) is 0 Å². The Hall–Kier alpha value is -3.61. The summed E-state index contributed by atoms with van der Waals surface area (Å²) >= 11 is 0. The third-order valence-corrected chi connectivity index (χ3v) is 5.90. The van der Waals surface area contributed by atoms with Crippen LogP contribution in [0.15, 0.2) is 59.6 Å². The number of nitrogens with zero attached hydrogens (tertiary/aromatic N) is 4. The van der Waals surface area contributed by atoms with Crippen LogP contribution >= 0.6 is 0 Å². The Balaban J connectivity index is 1.36. The summed E-state index contributed by atoms with van der Waals surface area (Å²) in [6.45, 7) is 6.90. The van der Waals surface area contributed by atoms with Crippen LogP contribution in [0.5, 0.6) is 0 Å². The lowest BCUT2D eigenvalue weighted by Gasteiger charge is -2.17. The minimum absolute atomic E-state index is 0.254. The number of hydrogen-bond acceptors (Lipinski definition) is 3. The summed E-state index contributed by atoms with van der Waals surface area (Å²) in [6.07, 6.45) is 1.64. The Morgan fingerprint density at radius 3 is 2.55 bits per heavy atom. The molecule has 4 rings (SSSR count). The minimum Gasteiger partial charge on any atom is -0.352 e. The quantitative estimate of drug-likeness (QED) is 0.432. The Labute approximate surface area is 195 Å². The van der Waals surface area contributed by atoms with Crippen LogP contribution in [0.3, 0.4) is 0 Å². The van der Waals surface area contributed by atoms with Crippen LogP contribution in [0.1, 0.15) is 40.9 Å². The number of aromatic nitrogens is 2. The molecular formula is C26H32N6O. The molecule has 1 aliphatic rings. The Bertz CT molecular complexity index is 1150. The fraction of sp³-hybridized carbons (Fsp3) is 0.346. The average Bonchev–Trinajstić information content (AvgIpc) is 3.38. The second-order valence-electron chi connectivity index (χ2n) is 8.49. The molecule has 2 heterocycles. The van der Waals surface area contributed by atoms with Crippen molar-refractivity contribution in [1.82, 2.24) is 25.3 Å². The van der Waals surface area contributed by atoms with Gasteiger partial charge in [0.15, 0.2) is 5.96 Å². The first kappa shape index (κ1) is 22.6. The first-order valence-electron chi connectivity index (χ1n) is 11.4. The number of nitrogens with one attached hydrogen (secondary N) is 2. The van der Waals surface area contributed by atoms with Crippen LogP contribution in [0.2, 0.25) is 0 Å². The molecule has 1 amide bonds. The van der Waals surface area contributed by atoms with E-state index in [0.29, 0.717) is 26.1 Å². The molecule has 172 valence electrons. The summed E-state index contributed by atoms with van der Waals surface area (Å²) in [6, 6.07) is 18.7. The number of aliphatic imine (C=N–C) groups is 1. The standard InChI is InChI=1S/C26H32N6O/c1-19-14-20(2)32(30-19)24-11-5-4-10-23(24)17-29-26(27-3)28-16-21-8-6-9-22(15-21)18-31-13-7-12-25(31)33/h4-6,8-11,14-15H,7,12-13,16-18H2,1-3H3,(H2,27,28,29). The maximum atomic E-state index is 11.9. The lowest BCUT2D eigenvalue weighted by Crippen LogP contribution is -2.36. The number of guanidine groups is 1. The van der Waals surface area contributed by atoms with Crippen LogP contribution in [-0.4, -0.2) is 40.1 Å². The van der Waals surface area contributed by atoms with Gasteiger partial charge in [-0.25, -0.2) is 4.68 Å². The zero-order valence-electron chi connectivity index (χ0n) is 19.6. The van der Waals surface area contributed by atoms with Crippen molar-refractivity contribution in [3.8, 4) is 5.69 Å². The summed E-state index contributed by atoms with van der Waals surface area (Å²) in [5, 5.41) is 11.4. The zero-order chi connectivity index (χ0) is 23.2. The van der Waals surface area contributed by atoms with E-state index in [2.05, 4.69) is 64.0 Å². The molecule has 7 nitrogen and oxygen atoms in total. The SMILES string of the molecule is CN=C(NCc1cccc(CN2CCCC2=O)c1)NCc1ccccc1-n1nc(C)cc1C. The van der Waals surface area contributed by atoms with Gasteiger partial charge < -0.3 is 15.5 Å². The van der Waals surface area contributed by atoms with E-state index in [0.717, 1.165) is 52.7 Å². The van der Waals surface area contributed by atoms with Crippen LogP contribution in [0.25, 0.3) is 5.69 Å². The molecule has 0 spiro atoms. The number of likely N-dealkylation sites (tertiary alicyclic amines) is 1. The van der Waals surface area contributed by atoms with Gasteiger partial charge >= 0.3 is 0 Å². The molecular weight excluding hydrogens is 412 g/mol. The van der Waals surface area contributed by atoms with E-state index >= 15 is 0 Å². The number of carbonyl (C=O) groups is 1. The first-order valence-corrected chi connectivity index (χ1v) is 11.4. The Morgan fingerprint density at radius 1 is 1.03 bits per heavy atom. The molecule has 0 atom stereocenters. The van der Waals surface area contributed by atoms with Gasteiger partial charge in [-0.05, 0) is 49.1 Å². The maximum absolute atomic E-state index is 11.9. The predicted octanol–water partition coefficient (Wildman–Crippen LogP) is 3.48. The predicted molar refractivity (Wildman–Crippen MR) is 131 cm³/mol. The number of benzene rings is 2. The van der Waals surface area contributed by atoms with Crippen molar-refractivity contribution >= 4 is 11.9 Å². The number of amides is 1. The molecule has 33 heavy (non-hydrogen) atoms. The molecule has 2 N–H and O–H groups in total. The molecule has 0 bridgehead atoms. The van der Waals surface area contributed by atoms with Crippen molar-refractivity contribution in [2.75, 3.05) is 13.6 Å². The van der Waals surface area contributed by atoms with E-state index in [-0.39, 0.29) is 5.91 Å². The highest BCUT2D eigenvalue weighted by atomic mass is 16.2. The fourth-order valence-corrected chi connectivity index (χ4v) is 4.25. The van der Waals surface area contributed by atoms with Crippen molar-refractivity contribution in [2.45, 2.75) is 46.3 Å². The molecule has 0 unspecified atom stereocenters. The van der Waals surface area contributed by atoms with E-state index < -0.39 is 0 Å². The number of hydrogen-bond donors (Lipinski definition) is 2. The van der Waals surface area contributed by atoms with Crippen LogP contribution in [-0.2, 0) is 24.4 Å². The number of carbonyl (C=O) groups excluding carboxylic acids is 1. The van der Waals surface area contributed by atoms with Gasteiger partial charge in [0.1, 0.15) is 0 Å². The molecule has 1 aliphatic heterocycles. The van der Waals surface area contributed by atoms with Gasteiger partial charge in [0.05, 0.1) is 11.4 Å². The van der Waals surface area contributed by atoms with Gasteiger partial charge in [-0.2, -0.15) is 5.10 Å². The van der Waals surface area contributed by atoms with Gasteiger partial charge in [-0.1, -0.05) is 42.5 Å². The van der Waals surface area contributed by atoms with Crippen molar-refractivity contribution in [3.63, 3.8) is 0 Å². The van der Waals surface area contributed by atoms with Gasteiger partial charge in [0, 0.05) is 45.3 Å². The summed E-state index contributed by atoms with van der Waals surface area (Å²) in [4.78, 5) is 18.2. The van der Waals surface area contributed by atoms with Gasteiger partial charge in [-0.3, -0.25) is 9.79 Å². The van der Waals surface area contributed by atoms with Gasteiger partial charge in [0.25, 0.3) is 0 Å². The number of para-hydroxylation sites is 1. The molecule has 0 aliphatic carbocycles. The van der Waals surface area contributed by atoms with Crippen molar-refractivity contribution in [2.24, 2.45) is 4.99 Å². The number of rotatable bonds is 7. The highest BCUT2D eigenvalue weighted by molar-refractivity contribution is 5.79. The summed E-state index contributed by atoms with van der Waals surface area (Å²) < 4.78 is 1.99. The average molecular weight is 445 g/mol. The smallest absolute Gasteiger partial charge is 0.222 e. The number of aryl methyl sites for hydroxylation is 2. The van der Waals surface area contributed by atoms with E-state index in [9.17, 15) is 4.79 Å². The lowest BCUT2D eigenvalue weighted by molar-refractivity contribution is -0.128. The first-order chi connectivity index (χ1) is 16.0. The largest absolute Gasteiger partial charge is 0.352 e. The highest BCUT2D eigenvalue weighted by Gasteiger charge is 2.20. The molecule has 0 saturated carbocycles. The van der Waals surface area contributed by atoms with Crippen LogP contribution in [0, 0.1) is 13.8 Å². The Kier molecular flexibility index (Phi) is 7.07. The van der Waals surface area contributed by atoms with E-state index in [1.807, 2.05) is 34.7 Å². The summed E-state index contributed by atoms with van der Waals surface area (Å²) in [5.74, 6) is 0.988. The van der Waals surface area contributed by atoms with E-state index in [1.165, 1.54) is 0 Å². The van der Waals surface area contributed by atoms with Crippen LogP contribution in [0.4, 0.5) is 0 Å². The van der Waals surface area contributed by atoms with E-state index in [1.54, 1.807) is 7.05 Å². The van der Waals surface area contributed by atoms with Crippen molar-refractivity contribution < 1.29 is 4.79 Å². The molecule has 0 radical (unpaired) electrons. The topological polar surface area (TPSA) is 74.6 Å². The van der Waals surface area contributed by atoms with Crippen molar-refractivity contribution in [3.05, 3.63) is 82.7 Å². The molecule has 7 heteroatoms. The summed E-state index contributed by atoms with van der Waals surface area (Å²) in [5.41, 5.74) is 6.64. The lowest BCUT2D eigenvalue weighted by atomic mass is 10.1. The molecule has 2 aromatic carbocycles. The van der Waals surface area contributed by atoms with Crippen LogP contribution < -0.4 is 10.6 Å². The fourth-order valence-electron chi connectivity index (χ4n) is 4.25. The monoisotopic (exact) mass is 444 g/mol. The molecule has 1 aromatic heterocycles.